The Balaban J connectivity index is 2.38. The quantitative estimate of drug-likeness (QED) is 0.579. The zero-order valence-corrected chi connectivity index (χ0v) is 9.90. The zero-order valence-electron chi connectivity index (χ0n) is 9.90. The van der Waals surface area contributed by atoms with Crippen molar-refractivity contribution in [3.8, 4) is 11.1 Å². The van der Waals surface area contributed by atoms with Gasteiger partial charge in [0.2, 0.25) is 0 Å². The molecule has 2 aromatic carbocycles. The van der Waals surface area contributed by atoms with Crippen molar-refractivity contribution in [2.45, 2.75) is 6.92 Å². The molecule has 0 heterocycles. The molecule has 0 saturated heterocycles. The Bertz CT molecular complexity index is 614. The van der Waals surface area contributed by atoms with Crippen molar-refractivity contribution in [3.63, 3.8) is 0 Å². The van der Waals surface area contributed by atoms with Crippen molar-refractivity contribution in [2.75, 3.05) is 7.11 Å². The van der Waals surface area contributed by atoms with E-state index in [9.17, 15) is 0 Å². The molecule has 2 nitrogen and oxygen atoms in total. The van der Waals surface area contributed by atoms with Crippen LogP contribution in [0.3, 0.4) is 0 Å². The van der Waals surface area contributed by atoms with Crippen LogP contribution in [0, 0.1) is 6.92 Å². The maximum absolute atomic E-state index is 4.97. The van der Waals surface area contributed by atoms with Gasteiger partial charge in [-0.15, -0.1) is 0 Å². The van der Waals surface area contributed by atoms with Gasteiger partial charge in [-0.25, -0.2) is 0 Å². The van der Waals surface area contributed by atoms with E-state index in [2.05, 4.69) is 48.5 Å². The number of aryl methyl sites for hydroxylation is 1. The van der Waals surface area contributed by atoms with E-state index in [1.54, 1.807) is 7.11 Å². The number of rotatable bonds is 1. The Morgan fingerprint density at radius 2 is 1.59 bits per heavy atom. The van der Waals surface area contributed by atoms with Gasteiger partial charge in [-0.2, -0.15) is 0 Å². The molecule has 0 aromatic heterocycles. The number of hydrogen-bond acceptors (Lipinski definition) is 2. The SMILES string of the molecule is CO/N=C1\c2ccccc2-c2c(C)cccc21. The van der Waals surface area contributed by atoms with Gasteiger partial charge < -0.3 is 4.84 Å². The molecule has 0 radical (unpaired) electrons. The van der Waals surface area contributed by atoms with E-state index >= 15 is 0 Å². The maximum Gasteiger partial charge on any atom is 0.118 e. The minimum atomic E-state index is 0.932. The van der Waals surface area contributed by atoms with Gasteiger partial charge >= 0.3 is 0 Å². The van der Waals surface area contributed by atoms with Crippen molar-refractivity contribution in [1.29, 1.82) is 0 Å². The number of benzene rings is 2. The normalized spacial score (nSPS) is 14.6. The van der Waals surface area contributed by atoms with Crippen LogP contribution in [0.15, 0.2) is 47.6 Å². The summed E-state index contributed by atoms with van der Waals surface area (Å²) in [6.45, 7) is 2.13. The van der Waals surface area contributed by atoms with Gasteiger partial charge in [0.25, 0.3) is 0 Å². The van der Waals surface area contributed by atoms with E-state index < -0.39 is 0 Å². The van der Waals surface area contributed by atoms with Crippen LogP contribution in [0.4, 0.5) is 0 Å². The van der Waals surface area contributed by atoms with E-state index in [0.717, 1.165) is 16.8 Å². The topological polar surface area (TPSA) is 21.6 Å². The van der Waals surface area contributed by atoms with E-state index in [4.69, 9.17) is 4.84 Å². The van der Waals surface area contributed by atoms with Gasteiger partial charge in [0.05, 0.1) is 0 Å². The monoisotopic (exact) mass is 223 g/mol. The van der Waals surface area contributed by atoms with Crippen LogP contribution in [0.5, 0.6) is 0 Å². The van der Waals surface area contributed by atoms with Crippen LogP contribution in [0.1, 0.15) is 16.7 Å². The maximum atomic E-state index is 4.97. The Hall–Kier alpha value is -2.09. The van der Waals surface area contributed by atoms with Crippen molar-refractivity contribution < 1.29 is 4.84 Å². The highest BCUT2D eigenvalue weighted by Crippen LogP contribution is 2.38. The summed E-state index contributed by atoms with van der Waals surface area (Å²) < 4.78 is 0. The number of oxime groups is 1. The molecule has 3 rings (SSSR count). The molecule has 0 N–H and O–H groups in total. The highest BCUT2D eigenvalue weighted by molar-refractivity contribution is 6.24. The molecule has 2 aromatic rings. The number of hydrogen-bond donors (Lipinski definition) is 0. The second kappa shape index (κ2) is 3.74. The van der Waals surface area contributed by atoms with Gasteiger partial charge in [-0.1, -0.05) is 47.6 Å². The van der Waals surface area contributed by atoms with Gasteiger partial charge in [-0.3, -0.25) is 0 Å². The lowest BCUT2D eigenvalue weighted by Crippen LogP contribution is -1.98. The van der Waals surface area contributed by atoms with Crippen LogP contribution < -0.4 is 0 Å². The van der Waals surface area contributed by atoms with Gasteiger partial charge in [0, 0.05) is 11.1 Å². The lowest BCUT2D eigenvalue weighted by Gasteiger charge is -2.03. The molecule has 84 valence electrons. The molecule has 0 fully saturated rings. The summed E-state index contributed by atoms with van der Waals surface area (Å²) in [5.41, 5.74) is 7.04. The highest BCUT2D eigenvalue weighted by atomic mass is 16.6. The molecule has 0 saturated carbocycles. The van der Waals surface area contributed by atoms with Crippen molar-refractivity contribution >= 4 is 5.71 Å². The molecule has 0 unspecified atom stereocenters. The molecular weight excluding hydrogens is 210 g/mol. The first-order valence-corrected chi connectivity index (χ1v) is 5.64. The first kappa shape index (κ1) is 10.1. The lowest BCUT2D eigenvalue weighted by atomic mass is 10.0. The smallest absolute Gasteiger partial charge is 0.118 e. The summed E-state index contributed by atoms with van der Waals surface area (Å²) in [5, 5.41) is 4.16. The fraction of sp³-hybridized carbons (Fsp3) is 0.133. The molecule has 1 aliphatic rings. The zero-order chi connectivity index (χ0) is 11.8. The van der Waals surface area contributed by atoms with E-state index in [1.165, 1.54) is 16.7 Å². The third-order valence-electron chi connectivity index (χ3n) is 3.16. The Kier molecular flexibility index (Phi) is 2.22. The molecule has 0 atom stereocenters. The van der Waals surface area contributed by atoms with Crippen molar-refractivity contribution in [1.82, 2.24) is 0 Å². The largest absolute Gasteiger partial charge is 0.399 e. The summed E-state index contributed by atoms with van der Waals surface area (Å²) >= 11 is 0. The minimum Gasteiger partial charge on any atom is -0.399 e. The van der Waals surface area contributed by atoms with E-state index in [1.807, 2.05) is 6.07 Å². The van der Waals surface area contributed by atoms with E-state index in [-0.39, 0.29) is 0 Å². The summed E-state index contributed by atoms with van der Waals surface area (Å²) in [6.07, 6.45) is 0. The third kappa shape index (κ3) is 1.37. The minimum absolute atomic E-state index is 0.932. The van der Waals surface area contributed by atoms with E-state index in [0.29, 0.717) is 0 Å². The predicted octanol–water partition coefficient (Wildman–Crippen LogP) is 3.37. The first-order chi connectivity index (χ1) is 8.33. The Labute approximate surface area is 101 Å². The molecule has 0 bridgehead atoms. The molecule has 0 spiro atoms. The number of nitrogens with zero attached hydrogens (tertiary/aromatic N) is 1. The van der Waals surface area contributed by atoms with Crippen molar-refractivity contribution in [3.05, 3.63) is 59.2 Å². The summed E-state index contributed by atoms with van der Waals surface area (Å²) in [7, 11) is 1.59. The Morgan fingerprint density at radius 3 is 2.35 bits per heavy atom. The van der Waals surface area contributed by atoms with Crippen LogP contribution in [0.25, 0.3) is 11.1 Å². The van der Waals surface area contributed by atoms with Crippen LogP contribution in [-0.2, 0) is 4.84 Å². The molecular formula is C15H13NO. The predicted molar refractivity (Wildman–Crippen MR) is 69.3 cm³/mol. The average molecular weight is 223 g/mol. The highest BCUT2D eigenvalue weighted by Gasteiger charge is 2.25. The fourth-order valence-corrected chi connectivity index (χ4v) is 2.46. The molecule has 1 aliphatic carbocycles. The molecule has 0 amide bonds. The second-order valence-corrected chi connectivity index (χ2v) is 4.17. The fourth-order valence-electron chi connectivity index (χ4n) is 2.46. The number of fused-ring (bicyclic) bond motifs is 3. The van der Waals surface area contributed by atoms with Gasteiger partial charge in [0.15, 0.2) is 0 Å². The molecule has 17 heavy (non-hydrogen) atoms. The van der Waals surface area contributed by atoms with Gasteiger partial charge in [-0.05, 0) is 23.6 Å². The second-order valence-electron chi connectivity index (χ2n) is 4.17. The average Bonchev–Trinajstić information content (AvgIpc) is 2.66. The third-order valence-corrected chi connectivity index (χ3v) is 3.16. The molecule has 2 heteroatoms. The van der Waals surface area contributed by atoms with Crippen LogP contribution in [0.2, 0.25) is 0 Å². The summed E-state index contributed by atoms with van der Waals surface area (Å²) in [6, 6.07) is 14.6. The summed E-state index contributed by atoms with van der Waals surface area (Å²) in [5.74, 6) is 0. The first-order valence-electron chi connectivity index (χ1n) is 5.64. The van der Waals surface area contributed by atoms with Gasteiger partial charge in [0.1, 0.15) is 12.8 Å². The van der Waals surface area contributed by atoms with Crippen LogP contribution in [-0.4, -0.2) is 12.8 Å². The lowest BCUT2D eigenvalue weighted by molar-refractivity contribution is 0.214. The summed E-state index contributed by atoms with van der Waals surface area (Å²) in [4.78, 5) is 4.97. The van der Waals surface area contributed by atoms with Crippen molar-refractivity contribution in [2.24, 2.45) is 5.16 Å². The van der Waals surface area contributed by atoms with Crippen LogP contribution >= 0.6 is 0 Å². The standard InChI is InChI=1S/C15H13NO/c1-10-6-5-9-13-14(10)11-7-3-4-8-12(11)15(13)16-17-2/h3-9H,1-2H3/b16-15+. The Morgan fingerprint density at radius 1 is 0.882 bits per heavy atom. The molecule has 0 aliphatic heterocycles.